The van der Waals surface area contributed by atoms with Crippen molar-refractivity contribution < 1.29 is 14.7 Å². The second-order valence-electron chi connectivity index (χ2n) is 11.9. The number of carboxylic acids is 1. The van der Waals surface area contributed by atoms with Crippen molar-refractivity contribution in [2.24, 2.45) is 5.92 Å². The summed E-state index contributed by atoms with van der Waals surface area (Å²) in [5, 5.41) is 16.1. The molecule has 2 atom stereocenters. The van der Waals surface area contributed by atoms with Crippen LogP contribution in [-0.4, -0.2) is 51.6 Å². The molecule has 2 aromatic rings. The van der Waals surface area contributed by atoms with Crippen LogP contribution in [-0.2, 0) is 11.3 Å². The smallest absolute Gasteiger partial charge is 0.326 e. The molecule has 0 aromatic heterocycles. The van der Waals surface area contributed by atoms with E-state index in [2.05, 4.69) is 49.2 Å². The molecule has 0 bridgehead atoms. The van der Waals surface area contributed by atoms with Gasteiger partial charge < -0.3 is 15.7 Å². The third-order valence-corrected chi connectivity index (χ3v) is 10.1. The maximum atomic E-state index is 13.3. The van der Waals surface area contributed by atoms with Crippen molar-refractivity contribution in [3.8, 4) is 11.1 Å². The van der Waals surface area contributed by atoms with E-state index in [1.54, 1.807) is 11.8 Å². The van der Waals surface area contributed by atoms with Crippen molar-refractivity contribution in [3.05, 3.63) is 59.2 Å². The number of benzene rings is 2. The molecule has 0 aliphatic heterocycles. The minimum atomic E-state index is -1.01. The van der Waals surface area contributed by atoms with E-state index < -0.39 is 12.0 Å². The highest BCUT2D eigenvalue weighted by Gasteiger charge is 2.26. The Hall–Kier alpha value is -1.96. The van der Waals surface area contributed by atoms with Crippen LogP contribution >= 0.6 is 23.5 Å². The molecule has 1 saturated carbocycles. The van der Waals surface area contributed by atoms with E-state index >= 15 is 0 Å². The zero-order valence-corrected chi connectivity index (χ0v) is 26.6. The van der Waals surface area contributed by atoms with Gasteiger partial charge >= 0.3 is 5.97 Å². The second-order valence-corrected chi connectivity index (χ2v) is 14.6. The molecule has 3 N–H and O–H groups in total. The van der Waals surface area contributed by atoms with E-state index in [0.717, 1.165) is 33.9 Å². The summed E-state index contributed by atoms with van der Waals surface area (Å²) in [6, 6.07) is 13.4. The van der Waals surface area contributed by atoms with Crippen molar-refractivity contribution in [1.82, 2.24) is 10.6 Å². The zero-order valence-electron chi connectivity index (χ0n) is 24.9. The first-order chi connectivity index (χ1) is 19.1. The summed E-state index contributed by atoms with van der Waals surface area (Å²) in [5.74, 6) is 1.25. The van der Waals surface area contributed by atoms with E-state index in [-0.39, 0.29) is 10.7 Å². The number of nitrogens with one attached hydrogen (secondary N) is 2. The molecule has 1 amide bonds. The number of carbonyl (C=O) groups excluding carboxylic acids is 1. The van der Waals surface area contributed by atoms with Crippen LogP contribution in [0.1, 0.15) is 87.2 Å². The van der Waals surface area contributed by atoms with E-state index in [9.17, 15) is 14.7 Å². The predicted octanol–water partition coefficient (Wildman–Crippen LogP) is 7.56. The van der Waals surface area contributed by atoms with Gasteiger partial charge in [0.15, 0.2) is 0 Å². The highest BCUT2D eigenvalue weighted by Crippen LogP contribution is 2.37. The van der Waals surface area contributed by atoms with E-state index in [1.165, 1.54) is 38.5 Å². The first-order valence-electron chi connectivity index (χ1n) is 14.7. The van der Waals surface area contributed by atoms with E-state index in [0.29, 0.717) is 30.3 Å². The molecule has 1 aliphatic rings. The van der Waals surface area contributed by atoms with Crippen LogP contribution in [0.25, 0.3) is 11.1 Å². The molecule has 1 aliphatic carbocycles. The van der Waals surface area contributed by atoms with Crippen LogP contribution in [0.2, 0.25) is 0 Å². The lowest BCUT2D eigenvalue weighted by Crippen LogP contribution is -2.41. The topological polar surface area (TPSA) is 78.4 Å². The van der Waals surface area contributed by atoms with E-state index in [4.69, 9.17) is 0 Å². The average Bonchev–Trinajstić information content (AvgIpc) is 2.93. The fourth-order valence-corrected chi connectivity index (χ4v) is 7.22. The molecule has 40 heavy (non-hydrogen) atoms. The Morgan fingerprint density at radius 2 is 1.80 bits per heavy atom. The Morgan fingerprint density at radius 1 is 1.07 bits per heavy atom. The Labute approximate surface area is 250 Å². The van der Waals surface area contributed by atoms with Gasteiger partial charge in [-0.05, 0) is 79.0 Å². The van der Waals surface area contributed by atoms with Crippen LogP contribution in [0.5, 0.6) is 0 Å². The highest BCUT2D eigenvalue weighted by molar-refractivity contribution is 8.00. The van der Waals surface area contributed by atoms with Crippen LogP contribution in [0.3, 0.4) is 0 Å². The summed E-state index contributed by atoms with van der Waals surface area (Å²) in [6.45, 7) is 9.78. The molecule has 0 saturated heterocycles. The fraction of sp³-hybridized carbons (Fsp3) is 0.576. The number of aliphatic carboxylic acids is 1. The van der Waals surface area contributed by atoms with Gasteiger partial charge in [-0.15, -0.1) is 0 Å². The molecule has 0 spiro atoms. The first kappa shape index (κ1) is 32.6. The fourth-order valence-electron chi connectivity index (χ4n) is 5.57. The SMILES string of the molecule is CSCC[C@H](NC(=O)c1ccc(CNC(C)CSC(C)(C)CC2CCCCC2)cc1-c1ccccc1C)C(=O)O. The Morgan fingerprint density at radius 3 is 2.48 bits per heavy atom. The third kappa shape index (κ3) is 10.1. The summed E-state index contributed by atoms with van der Waals surface area (Å²) >= 11 is 3.64. The van der Waals surface area contributed by atoms with Crippen molar-refractivity contribution in [3.63, 3.8) is 0 Å². The number of amides is 1. The van der Waals surface area contributed by atoms with Gasteiger partial charge in [-0.3, -0.25) is 4.79 Å². The molecule has 7 heteroatoms. The molecule has 0 heterocycles. The molecule has 5 nitrogen and oxygen atoms in total. The first-order valence-corrected chi connectivity index (χ1v) is 17.1. The van der Waals surface area contributed by atoms with Gasteiger partial charge in [0.1, 0.15) is 6.04 Å². The number of hydrogen-bond acceptors (Lipinski definition) is 5. The van der Waals surface area contributed by atoms with Crippen molar-refractivity contribution >= 4 is 35.4 Å². The summed E-state index contributed by atoms with van der Waals surface area (Å²) in [4.78, 5) is 25.1. The highest BCUT2D eigenvalue weighted by atomic mass is 32.2. The van der Waals surface area contributed by atoms with Crippen LogP contribution < -0.4 is 10.6 Å². The predicted molar refractivity (Wildman–Crippen MR) is 173 cm³/mol. The number of hydrogen-bond donors (Lipinski definition) is 3. The van der Waals surface area contributed by atoms with Crippen LogP contribution in [0.4, 0.5) is 0 Å². The van der Waals surface area contributed by atoms with Gasteiger partial charge in [0.05, 0.1) is 0 Å². The maximum absolute atomic E-state index is 13.3. The lowest BCUT2D eigenvalue weighted by Gasteiger charge is -2.32. The summed E-state index contributed by atoms with van der Waals surface area (Å²) in [7, 11) is 0. The van der Waals surface area contributed by atoms with Gasteiger partial charge in [-0.1, -0.05) is 76.3 Å². The quantitative estimate of drug-likeness (QED) is 0.201. The normalized spacial score (nSPS) is 15.9. The zero-order chi connectivity index (χ0) is 29.1. The molecule has 220 valence electrons. The lowest BCUT2D eigenvalue weighted by molar-refractivity contribution is -0.139. The standard InChI is InChI=1S/C33H48N2O3S2/c1-23-11-9-10-14-27(23)29-19-26(15-16-28(29)31(36)35-30(32(37)38)17-18-39-5)21-34-24(2)22-40-33(3,4)20-25-12-7-6-8-13-25/h9-11,14-16,19,24-25,30,34H,6-8,12-13,17-18,20-22H2,1-5H3,(H,35,36)(H,37,38)/t24?,30-/m0/s1. The number of aryl methyl sites for hydroxylation is 1. The van der Waals surface area contributed by atoms with Crippen molar-refractivity contribution in [1.29, 1.82) is 0 Å². The Balaban J connectivity index is 1.68. The summed E-state index contributed by atoms with van der Waals surface area (Å²) < 4.78 is 0.286. The Kier molecular flexibility index (Phi) is 12.9. The van der Waals surface area contributed by atoms with Crippen molar-refractivity contribution in [2.75, 3.05) is 17.8 Å². The number of carboxylic acid groups (broad SMARTS) is 1. The van der Waals surface area contributed by atoms with Gasteiger partial charge in [-0.2, -0.15) is 23.5 Å². The molecular weight excluding hydrogens is 537 g/mol. The third-order valence-electron chi connectivity index (χ3n) is 7.86. The number of rotatable bonds is 15. The molecular formula is C33H48N2O3S2. The second kappa shape index (κ2) is 15.9. The molecule has 1 fully saturated rings. The molecule has 0 radical (unpaired) electrons. The molecule has 1 unspecified atom stereocenters. The summed E-state index contributed by atoms with van der Waals surface area (Å²) in [6.07, 6.45) is 10.6. The van der Waals surface area contributed by atoms with Crippen LogP contribution in [0.15, 0.2) is 42.5 Å². The van der Waals surface area contributed by atoms with Gasteiger partial charge in [-0.25, -0.2) is 4.79 Å². The van der Waals surface area contributed by atoms with Gasteiger partial charge in [0, 0.05) is 28.6 Å². The van der Waals surface area contributed by atoms with Gasteiger partial charge in [0.25, 0.3) is 5.91 Å². The van der Waals surface area contributed by atoms with Crippen LogP contribution in [0, 0.1) is 12.8 Å². The summed E-state index contributed by atoms with van der Waals surface area (Å²) in [5.41, 5.74) is 4.49. The van der Waals surface area contributed by atoms with Gasteiger partial charge in [0.2, 0.25) is 0 Å². The molecule has 3 rings (SSSR count). The average molecular weight is 585 g/mol. The Bertz CT molecular complexity index is 1110. The number of carbonyl (C=O) groups is 2. The largest absolute Gasteiger partial charge is 0.480 e. The van der Waals surface area contributed by atoms with E-state index in [1.807, 2.05) is 49.6 Å². The monoisotopic (exact) mass is 584 g/mol. The minimum Gasteiger partial charge on any atom is -0.480 e. The molecule has 2 aromatic carbocycles. The lowest BCUT2D eigenvalue weighted by atomic mass is 9.83. The number of thioether (sulfide) groups is 2. The minimum absolute atomic E-state index is 0.286. The van der Waals surface area contributed by atoms with Crippen molar-refractivity contribution in [2.45, 2.75) is 96.0 Å². The maximum Gasteiger partial charge on any atom is 0.326 e.